The molecule has 0 bridgehead atoms. The number of hydrogen-bond acceptors (Lipinski definition) is 2. The van der Waals surface area contributed by atoms with Gasteiger partial charge in [-0.1, -0.05) is 0 Å². The van der Waals surface area contributed by atoms with E-state index in [9.17, 15) is 0 Å². The second-order valence-electron chi connectivity index (χ2n) is 2.69. The Labute approximate surface area is 89.7 Å². The largest absolute Gasteiger partial charge is 0.396 e. The molecule has 4 heteroatoms. The summed E-state index contributed by atoms with van der Waals surface area (Å²) in [5, 5.41) is 4.10. The SMILES string of the molecule is Nc1cnn(-c2ccc(I)cc2)c1. The van der Waals surface area contributed by atoms with Gasteiger partial charge in [0, 0.05) is 3.57 Å². The Morgan fingerprint density at radius 2 is 1.92 bits per heavy atom. The van der Waals surface area contributed by atoms with Crippen LogP contribution in [0.25, 0.3) is 5.69 Å². The van der Waals surface area contributed by atoms with Gasteiger partial charge in [0.05, 0.1) is 23.8 Å². The van der Waals surface area contributed by atoms with Crippen molar-refractivity contribution in [3.8, 4) is 5.69 Å². The minimum absolute atomic E-state index is 0.679. The number of benzene rings is 1. The second-order valence-corrected chi connectivity index (χ2v) is 3.94. The first-order valence-electron chi connectivity index (χ1n) is 3.82. The van der Waals surface area contributed by atoms with Crippen LogP contribution in [0.15, 0.2) is 36.7 Å². The molecule has 2 aromatic rings. The first-order chi connectivity index (χ1) is 6.25. The first kappa shape index (κ1) is 8.55. The summed E-state index contributed by atoms with van der Waals surface area (Å²) >= 11 is 2.27. The van der Waals surface area contributed by atoms with Gasteiger partial charge < -0.3 is 5.73 Å². The molecule has 13 heavy (non-hydrogen) atoms. The van der Waals surface area contributed by atoms with Crippen molar-refractivity contribution in [2.24, 2.45) is 0 Å². The number of hydrogen-bond donors (Lipinski definition) is 1. The van der Waals surface area contributed by atoms with E-state index in [0.29, 0.717) is 5.69 Å². The van der Waals surface area contributed by atoms with Crippen LogP contribution < -0.4 is 5.73 Å². The van der Waals surface area contributed by atoms with Crippen molar-refractivity contribution in [2.45, 2.75) is 0 Å². The van der Waals surface area contributed by atoms with Crippen LogP contribution in [0.1, 0.15) is 0 Å². The molecule has 0 unspecified atom stereocenters. The van der Waals surface area contributed by atoms with Crippen molar-refractivity contribution in [1.29, 1.82) is 0 Å². The number of nitrogens with zero attached hydrogens (tertiary/aromatic N) is 2. The van der Waals surface area contributed by atoms with Crippen molar-refractivity contribution in [2.75, 3.05) is 5.73 Å². The molecule has 3 nitrogen and oxygen atoms in total. The minimum Gasteiger partial charge on any atom is -0.396 e. The maximum Gasteiger partial charge on any atom is 0.0724 e. The van der Waals surface area contributed by atoms with Crippen LogP contribution in [-0.2, 0) is 0 Å². The quantitative estimate of drug-likeness (QED) is 0.815. The summed E-state index contributed by atoms with van der Waals surface area (Å²) in [6.45, 7) is 0. The number of rotatable bonds is 1. The van der Waals surface area contributed by atoms with Crippen molar-refractivity contribution in [3.05, 3.63) is 40.2 Å². The van der Waals surface area contributed by atoms with Gasteiger partial charge in [-0.2, -0.15) is 5.10 Å². The lowest BCUT2D eigenvalue weighted by Gasteiger charge is -1.99. The topological polar surface area (TPSA) is 43.8 Å². The molecule has 0 aliphatic heterocycles. The molecule has 0 amide bonds. The van der Waals surface area contributed by atoms with Crippen LogP contribution in [0.5, 0.6) is 0 Å². The van der Waals surface area contributed by atoms with Gasteiger partial charge in [0.25, 0.3) is 0 Å². The van der Waals surface area contributed by atoms with Gasteiger partial charge in [-0.25, -0.2) is 4.68 Å². The van der Waals surface area contributed by atoms with Crippen molar-refractivity contribution in [1.82, 2.24) is 9.78 Å². The molecule has 0 aliphatic rings. The van der Waals surface area contributed by atoms with E-state index in [-0.39, 0.29) is 0 Å². The number of nitrogens with two attached hydrogens (primary N) is 1. The van der Waals surface area contributed by atoms with E-state index in [2.05, 4.69) is 27.7 Å². The third kappa shape index (κ3) is 1.82. The minimum atomic E-state index is 0.679. The number of halogens is 1. The van der Waals surface area contributed by atoms with Gasteiger partial charge in [0.2, 0.25) is 0 Å². The highest BCUT2D eigenvalue weighted by atomic mass is 127. The zero-order chi connectivity index (χ0) is 9.26. The van der Waals surface area contributed by atoms with Gasteiger partial charge in [0.1, 0.15) is 0 Å². The van der Waals surface area contributed by atoms with Crippen LogP contribution >= 0.6 is 22.6 Å². The molecule has 1 aromatic heterocycles. The van der Waals surface area contributed by atoms with E-state index in [4.69, 9.17) is 5.73 Å². The predicted molar refractivity (Wildman–Crippen MR) is 60.7 cm³/mol. The first-order valence-corrected chi connectivity index (χ1v) is 4.90. The van der Waals surface area contributed by atoms with Gasteiger partial charge in [-0.05, 0) is 46.9 Å². The summed E-state index contributed by atoms with van der Waals surface area (Å²) < 4.78 is 2.97. The van der Waals surface area contributed by atoms with Crippen LogP contribution in [0.3, 0.4) is 0 Å². The molecule has 2 N–H and O–H groups in total. The monoisotopic (exact) mass is 285 g/mol. The van der Waals surface area contributed by atoms with E-state index in [0.717, 1.165) is 5.69 Å². The summed E-state index contributed by atoms with van der Waals surface area (Å²) in [5.74, 6) is 0. The maximum atomic E-state index is 5.56. The smallest absolute Gasteiger partial charge is 0.0724 e. The predicted octanol–water partition coefficient (Wildman–Crippen LogP) is 2.06. The van der Waals surface area contributed by atoms with Crippen molar-refractivity contribution in [3.63, 3.8) is 0 Å². The molecule has 0 radical (unpaired) electrons. The van der Waals surface area contributed by atoms with Gasteiger partial charge >= 0.3 is 0 Å². The molecule has 1 heterocycles. The highest BCUT2D eigenvalue weighted by Gasteiger charge is 1.96. The fraction of sp³-hybridized carbons (Fsp3) is 0. The molecule has 0 fully saturated rings. The molecule has 0 aliphatic carbocycles. The van der Waals surface area contributed by atoms with E-state index in [1.54, 1.807) is 17.1 Å². The molecule has 66 valence electrons. The lowest BCUT2D eigenvalue weighted by Crippen LogP contribution is -1.93. The summed E-state index contributed by atoms with van der Waals surface area (Å²) in [6, 6.07) is 8.09. The summed E-state index contributed by atoms with van der Waals surface area (Å²) in [4.78, 5) is 0. The zero-order valence-corrected chi connectivity index (χ0v) is 8.97. The Balaban J connectivity index is 2.41. The fourth-order valence-electron chi connectivity index (χ4n) is 1.07. The number of nitrogen functional groups attached to an aromatic ring is 1. The Bertz CT molecular complexity index is 405. The zero-order valence-electron chi connectivity index (χ0n) is 6.81. The van der Waals surface area contributed by atoms with Crippen LogP contribution in [-0.4, -0.2) is 9.78 Å². The lowest BCUT2D eigenvalue weighted by atomic mass is 10.3. The normalized spacial score (nSPS) is 10.2. The average Bonchev–Trinajstić information content (AvgIpc) is 2.53. The lowest BCUT2D eigenvalue weighted by molar-refractivity contribution is 0.880. The second kappa shape index (κ2) is 3.37. The third-order valence-electron chi connectivity index (χ3n) is 1.69. The van der Waals surface area contributed by atoms with Crippen molar-refractivity contribution < 1.29 is 0 Å². The third-order valence-corrected chi connectivity index (χ3v) is 2.41. The Hall–Kier alpha value is -1.04. The Morgan fingerprint density at radius 3 is 2.46 bits per heavy atom. The average molecular weight is 285 g/mol. The molecular weight excluding hydrogens is 277 g/mol. The molecule has 0 saturated carbocycles. The van der Waals surface area contributed by atoms with Gasteiger partial charge in [0.15, 0.2) is 0 Å². The Morgan fingerprint density at radius 1 is 1.23 bits per heavy atom. The molecule has 1 aromatic carbocycles. The highest BCUT2D eigenvalue weighted by molar-refractivity contribution is 14.1. The van der Waals surface area contributed by atoms with Crippen molar-refractivity contribution >= 4 is 28.3 Å². The molecule has 0 spiro atoms. The standard InChI is InChI=1S/C9H8IN3/c10-7-1-3-9(4-2-7)13-6-8(11)5-12-13/h1-6H,11H2. The van der Waals surface area contributed by atoms with E-state index >= 15 is 0 Å². The fourth-order valence-corrected chi connectivity index (χ4v) is 1.43. The molecule has 0 saturated heterocycles. The van der Waals surface area contributed by atoms with Crippen LogP contribution in [0.4, 0.5) is 5.69 Å². The highest BCUT2D eigenvalue weighted by Crippen LogP contribution is 2.11. The van der Waals surface area contributed by atoms with Gasteiger partial charge in [-0.3, -0.25) is 0 Å². The van der Waals surface area contributed by atoms with E-state index in [1.807, 2.05) is 24.3 Å². The van der Waals surface area contributed by atoms with Gasteiger partial charge in [-0.15, -0.1) is 0 Å². The molecule has 0 atom stereocenters. The maximum absolute atomic E-state index is 5.56. The number of anilines is 1. The summed E-state index contributed by atoms with van der Waals surface area (Å²) in [7, 11) is 0. The summed E-state index contributed by atoms with van der Waals surface area (Å²) in [5.41, 5.74) is 7.27. The van der Waals surface area contributed by atoms with E-state index in [1.165, 1.54) is 3.57 Å². The number of aromatic nitrogens is 2. The molecule has 2 rings (SSSR count). The Kier molecular flexibility index (Phi) is 2.22. The summed E-state index contributed by atoms with van der Waals surface area (Å²) in [6.07, 6.45) is 3.43. The van der Waals surface area contributed by atoms with Crippen LogP contribution in [0, 0.1) is 3.57 Å². The van der Waals surface area contributed by atoms with E-state index < -0.39 is 0 Å². The van der Waals surface area contributed by atoms with Crippen LogP contribution in [0.2, 0.25) is 0 Å². The molecular formula is C9H8IN3.